The van der Waals surface area contributed by atoms with Gasteiger partial charge in [-0.1, -0.05) is 18.6 Å². The summed E-state index contributed by atoms with van der Waals surface area (Å²) in [5, 5.41) is 8.66. The van der Waals surface area contributed by atoms with E-state index >= 15 is 0 Å². The normalized spacial score (nSPS) is 18.8. The van der Waals surface area contributed by atoms with Crippen LogP contribution in [0, 0.1) is 34.7 Å². The number of nitriles is 1. The van der Waals surface area contributed by atoms with Gasteiger partial charge in [-0.15, -0.1) is 6.58 Å². The Morgan fingerprint density at radius 2 is 1.69 bits per heavy atom. The van der Waals surface area contributed by atoms with Crippen LogP contribution in [0.4, 0.5) is 22.0 Å². The minimum Gasteiger partial charge on any atom is -0.429 e. The number of benzene rings is 2. The van der Waals surface area contributed by atoms with Crippen molar-refractivity contribution < 1.29 is 26.7 Å². The fourth-order valence-corrected chi connectivity index (χ4v) is 4.28. The van der Waals surface area contributed by atoms with Crippen molar-refractivity contribution in [2.75, 3.05) is 0 Å². The molecule has 0 N–H and O–H groups in total. The van der Waals surface area contributed by atoms with E-state index in [0.29, 0.717) is 23.6 Å². The first kappa shape index (κ1) is 23.8. The van der Waals surface area contributed by atoms with Crippen LogP contribution in [0.25, 0.3) is 0 Å². The van der Waals surface area contributed by atoms with Crippen molar-refractivity contribution in [3.05, 3.63) is 77.1 Å². The topological polar surface area (TPSA) is 33.0 Å². The van der Waals surface area contributed by atoms with Gasteiger partial charge in [0.1, 0.15) is 34.8 Å². The number of alkyl halides is 2. The molecular formula is C25H24F5NO. The maximum absolute atomic E-state index is 14.6. The maximum Gasteiger partial charge on any atom is 0.429 e. The van der Waals surface area contributed by atoms with E-state index in [-0.39, 0.29) is 5.92 Å². The largest absolute Gasteiger partial charge is 0.429 e. The van der Waals surface area contributed by atoms with E-state index in [1.165, 1.54) is 12.1 Å². The van der Waals surface area contributed by atoms with Crippen LogP contribution in [0.1, 0.15) is 67.6 Å². The van der Waals surface area contributed by atoms with Gasteiger partial charge in [0.15, 0.2) is 0 Å². The number of halogens is 5. The van der Waals surface area contributed by atoms with Gasteiger partial charge in [0.25, 0.3) is 0 Å². The minimum atomic E-state index is -4.15. The molecule has 0 aromatic heterocycles. The summed E-state index contributed by atoms with van der Waals surface area (Å²) in [6, 6.07) is 5.73. The van der Waals surface area contributed by atoms with Crippen LogP contribution in [0.3, 0.4) is 0 Å². The van der Waals surface area contributed by atoms with E-state index in [1.807, 2.05) is 6.08 Å². The van der Waals surface area contributed by atoms with E-state index in [9.17, 15) is 22.0 Å². The van der Waals surface area contributed by atoms with Gasteiger partial charge in [-0.25, -0.2) is 13.2 Å². The molecule has 1 fully saturated rings. The Balaban J connectivity index is 1.69. The third kappa shape index (κ3) is 5.48. The summed E-state index contributed by atoms with van der Waals surface area (Å²) < 4.78 is 75.4. The molecule has 1 aliphatic rings. The lowest BCUT2D eigenvalue weighted by Crippen LogP contribution is -2.24. The Kier molecular flexibility index (Phi) is 7.55. The van der Waals surface area contributed by atoms with Crippen LogP contribution in [0.15, 0.2) is 43.0 Å². The van der Waals surface area contributed by atoms with Crippen molar-refractivity contribution in [3.63, 3.8) is 0 Å². The molecule has 32 heavy (non-hydrogen) atoms. The van der Waals surface area contributed by atoms with Crippen molar-refractivity contribution >= 4 is 0 Å². The molecule has 0 atom stereocenters. The van der Waals surface area contributed by atoms with Gasteiger partial charge in [-0.2, -0.15) is 14.0 Å². The Labute approximate surface area is 184 Å². The fraction of sp³-hybridized carbons (Fsp3) is 0.400. The molecule has 0 amide bonds. The van der Waals surface area contributed by atoms with Crippen LogP contribution in [0.5, 0.6) is 5.75 Å². The van der Waals surface area contributed by atoms with Crippen molar-refractivity contribution in [2.45, 2.75) is 57.0 Å². The Hall–Kier alpha value is -2.88. The molecule has 0 bridgehead atoms. The van der Waals surface area contributed by atoms with E-state index in [1.54, 1.807) is 0 Å². The van der Waals surface area contributed by atoms with Crippen molar-refractivity contribution in [1.82, 2.24) is 0 Å². The number of hydrogen-bond acceptors (Lipinski definition) is 2. The molecule has 2 nitrogen and oxygen atoms in total. The Morgan fingerprint density at radius 3 is 2.25 bits per heavy atom. The predicted octanol–water partition coefficient (Wildman–Crippen LogP) is 7.73. The molecule has 7 heteroatoms. The molecule has 2 aromatic rings. The molecule has 1 aliphatic carbocycles. The van der Waals surface area contributed by atoms with Crippen molar-refractivity contribution in [2.24, 2.45) is 5.92 Å². The summed E-state index contributed by atoms with van der Waals surface area (Å²) in [4.78, 5) is 0. The Morgan fingerprint density at radius 1 is 1.03 bits per heavy atom. The van der Waals surface area contributed by atoms with E-state index in [2.05, 4.69) is 11.3 Å². The zero-order valence-electron chi connectivity index (χ0n) is 17.5. The average Bonchev–Trinajstić information content (AvgIpc) is 2.73. The second-order valence-corrected chi connectivity index (χ2v) is 8.17. The van der Waals surface area contributed by atoms with Crippen LogP contribution in [0.2, 0.25) is 0 Å². The zero-order valence-corrected chi connectivity index (χ0v) is 17.5. The third-order valence-corrected chi connectivity index (χ3v) is 6.02. The smallest absolute Gasteiger partial charge is 0.429 e. The summed E-state index contributed by atoms with van der Waals surface area (Å²) in [5.41, 5.74) is -1.28. The number of hydrogen-bond donors (Lipinski definition) is 0. The maximum atomic E-state index is 14.6. The van der Waals surface area contributed by atoms with Gasteiger partial charge < -0.3 is 4.74 Å². The molecule has 0 unspecified atom stereocenters. The number of rotatable bonds is 8. The summed E-state index contributed by atoms with van der Waals surface area (Å²) in [7, 11) is 0. The second-order valence-electron chi connectivity index (χ2n) is 8.17. The average molecular weight is 449 g/mol. The molecule has 0 aliphatic heterocycles. The van der Waals surface area contributed by atoms with Crippen molar-refractivity contribution in [1.29, 1.82) is 5.26 Å². The number of unbranched alkanes of at least 4 members (excludes halogenated alkanes) is 1. The molecule has 0 saturated heterocycles. The highest BCUT2D eigenvalue weighted by Crippen LogP contribution is 2.40. The van der Waals surface area contributed by atoms with Crippen LogP contribution in [-0.4, -0.2) is 0 Å². The van der Waals surface area contributed by atoms with Gasteiger partial charge in [-0.05, 0) is 68.1 Å². The zero-order chi connectivity index (χ0) is 23.3. The number of nitrogens with zero attached hydrogens (tertiary/aromatic N) is 1. The second kappa shape index (κ2) is 10.2. The van der Waals surface area contributed by atoms with Crippen LogP contribution >= 0.6 is 0 Å². The highest BCUT2D eigenvalue weighted by atomic mass is 19.3. The van der Waals surface area contributed by atoms with Crippen LogP contribution in [-0.2, 0) is 6.11 Å². The van der Waals surface area contributed by atoms with E-state index < -0.39 is 40.4 Å². The monoisotopic (exact) mass is 449 g/mol. The number of ether oxygens (including phenoxy) is 1. The molecule has 1 saturated carbocycles. The Bertz CT molecular complexity index is 983. The summed E-state index contributed by atoms with van der Waals surface area (Å²) in [6.07, 6.45) is 4.74. The third-order valence-electron chi connectivity index (χ3n) is 6.02. The van der Waals surface area contributed by atoms with Gasteiger partial charge >= 0.3 is 6.11 Å². The lowest BCUT2D eigenvalue weighted by atomic mass is 9.77. The quantitative estimate of drug-likeness (QED) is 0.235. The highest BCUT2D eigenvalue weighted by molar-refractivity contribution is 5.38. The summed E-state index contributed by atoms with van der Waals surface area (Å²) in [6.45, 7) is 3.72. The molecule has 170 valence electrons. The molecule has 0 radical (unpaired) electrons. The van der Waals surface area contributed by atoms with Gasteiger partial charge in [0, 0.05) is 12.1 Å². The minimum absolute atomic E-state index is 0.102. The van der Waals surface area contributed by atoms with E-state index in [0.717, 1.165) is 57.1 Å². The lowest BCUT2D eigenvalue weighted by Gasteiger charge is -2.29. The van der Waals surface area contributed by atoms with Gasteiger partial charge in [0.05, 0.1) is 5.56 Å². The predicted molar refractivity (Wildman–Crippen MR) is 111 cm³/mol. The lowest BCUT2D eigenvalue weighted by molar-refractivity contribution is -0.187. The molecule has 2 aromatic carbocycles. The standard InChI is InChI=1S/C25H24F5NO/c1-2-3-4-5-16-6-8-17(9-7-16)18-10-11-21(24(28)12-18)25(29,30)32-19-13-22(26)20(15-31)23(27)14-19/h2,10-14,16-17H,1,3-9H2/t16-,17-. The van der Waals surface area contributed by atoms with Gasteiger partial charge in [-0.3, -0.25) is 0 Å². The van der Waals surface area contributed by atoms with E-state index in [4.69, 9.17) is 5.26 Å². The summed E-state index contributed by atoms with van der Waals surface area (Å²) >= 11 is 0. The summed E-state index contributed by atoms with van der Waals surface area (Å²) in [5.74, 6) is -3.94. The first-order valence-electron chi connectivity index (χ1n) is 10.6. The number of allylic oxidation sites excluding steroid dienone is 1. The SMILES string of the molecule is C=CCCC[C@H]1CC[C@H](c2ccc(C(F)(F)Oc3cc(F)c(C#N)c(F)c3)c(F)c2)CC1. The molecule has 3 rings (SSSR count). The first-order valence-corrected chi connectivity index (χ1v) is 10.6. The van der Waals surface area contributed by atoms with Gasteiger partial charge in [0.2, 0.25) is 0 Å². The first-order chi connectivity index (χ1) is 15.2. The van der Waals surface area contributed by atoms with Crippen molar-refractivity contribution in [3.8, 4) is 11.8 Å². The fourth-order valence-electron chi connectivity index (χ4n) is 4.28. The molecular weight excluding hydrogens is 425 g/mol. The van der Waals surface area contributed by atoms with Crippen LogP contribution < -0.4 is 4.74 Å². The molecule has 0 spiro atoms. The molecule has 0 heterocycles. The highest BCUT2D eigenvalue weighted by Gasteiger charge is 2.38.